The minimum absolute atomic E-state index is 0.0635. The van der Waals surface area contributed by atoms with Gasteiger partial charge in [-0.15, -0.1) is 11.3 Å². The maximum atomic E-state index is 6.11. The standard InChI is InChI=1S/C13H11BrCl3NS/c1-2-18-12(11-6-10(17)13(14)19-11)7-3-4-8(15)9(16)5-7/h3-6,12,18H,2H2,1H3. The first-order valence-electron chi connectivity index (χ1n) is 5.66. The monoisotopic (exact) mass is 397 g/mol. The van der Waals surface area contributed by atoms with E-state index in [0.717, 1.165) is 25.8 Å². The summed E-state index contributed by atoms with van der Waals surface area (Å²) in [6, 6.07) is 7.70. The number of rotatable bonds is 4. The summed E-state index contributed by atoms with van der Waals surface area (Å²) in [7, 11) is 0. The lowest BCUT2D eigenvalue weighted by Crippen LogP contribution is -2.21. The average Bonchev–Trinajstić information content (AvgIpc) is 2.70. The van der Waals surface area contributed by atoms with Crippen molar-refractivity contribution in [2.45, 2.75) is 13.0 Å². The summed E-state index contributed by atoms with van der Waals surface area (Å²) in [5.74, 6) is 0. The van der Waals surface area contributed by atoms with Crippen LogP contribution in [0.5, 0.6) is 0 Å². The first kappa shape index (κ1) is 15.6. The highest BCUT2D eigenvalue weighted by Gasteiger charge is 2.18. The molecule has 0 amide bonds. The van der Waals surface area contributed by atoms with Gasteiger partial charge in [0.25, 0.3) is 0 Å². The lowest BCUT2D eigenvalue weighted by molar-refractivity contribution is 0.640. The zero-order chi connectivity index (χ0) is 14.0. The van der Waals surface area contributed by atoms with Crippen molar-refractivity contribution in [3.05, 3.63) is 53.6 Å². The zero-order valence-corrected chi connectivity index (χ0v) is 14.7. The van der Waals surface area contributed by atoms with Crippen molar-refractivity contribution in [2.24, 2.45) is 0 Å². The summed E-state index contributed by atoms with van der Waals surface area (Å²) in [5, 5.41) is 5.28. The Morgan fingerprint density at radius 1 is 1.16 bits per heavy atom. The molecule has 1 atom stereocenters. The van der Waals surface area contributed by atoms with E-state index in [9.17, 15) is 0 Å². The summed E-state index contributed by atoms with van der Waals surface area (Å²) in [6.45, 7) is 2.91. The Labute approximate surface area is 140 Å². The lowest BCUT2D eigenvalue weighted by Gasteiger charge is -2.17. The van der Waals surface area contributed by atoms with Gasteiger partial charge >= 0.3 is 0 Å². The van der Waals surface area contributed by atoms with Gasteiger partial charge in [-0.2, -0.15) is 0 Å². The van der Waals surface area contributed by atoms with Crippen molar-refractivity contribution in [2.75, 3.05) is 6.54 Å². The van der Waals surface area contributed by atoms with E-state index >= 15 is 0 Å². The molecule has 0 spiro atoms. The van der Waals surface area contributed by atoms with E-state index in [1.807, 2.05) is 24.3 Å². The molecule has 1 heterocycles. The molecule has 1 aromatic heterocycles. The molecule has 102 valence electrons. The summed E-state index contributed by atoms with van der Waals surface area (Å²) in [5.41, 5.74) is 1.07. The van der Waals surface area contributed by atoms with Gasteiger partial charge in [-0.1, -0.05) is 47.8 Å². The van der Waals surface area contributed by atoms with Gasteiger partial charge in [0.2, 0.25) is 0 Å². The summed E-state index contributed by atoms with van der Waals surface area (Å²) in [4.78, 5) is 1.14. The molecule has 0 aliphatic carbocycles. The minimum Gasteiger partial charge on any atom is -0.306 e. The van der Waals surface area contributed by atoms with Crippen molar-refractivity contribution in [1.82, 2.24) is 5.32 Å². The molecule has 1 aromatic carbocycles. The minimum atomic E-state index is 0.0635. The van der Waals surface area contributed by atoms with Crippen LogP contribution in [0.1, 0.15) is 23.4 Å². The number of hydrogen-bond acceptors (Lipinski definition) is 2. The van der Waals surface area contributed by atoms with Gasteiger partial charge in [-0.05, 0) is 46.2 Å². The Morgan fingerprint density at radius 3 is 2.42 bits per heavy atom. The van der Waals surface area contributed by atoms with Gasteiger partial charge in [0.1, 0.15) is 0 Å². The van der Waals surface area contributed by atoms with Crippen LogP contribution in [0, 0.1) is 0 Å². The molecule has 1 unspecified atom stereocenters. The number of thiophene rings is 1. The van der Waals surface area contributed by atoms with Crippen molar-refractivity contribution < 1.29 is 0 Å². The normalized spacial score (nSPS) is 12.7. The van der Waals surface area contributed by atoms with Crippen LogP contribution in [0.4, 0.5) is 0 Å². The number of hydrogen-bond donors (Lipinski definition) is 1. The molecule has 0 radical (unpaired) electrons. The highest BCUT2D eigenvalue weighted by Crippen LogP contribution is 2.38. The molecule has 0 bridgehead atoms. The highest BCUT2D eigenvalue weighted by atomic mass is 79.9. The quantitative estimate of drug-likeness (QED) is 0.648. The van der Waals surface area contributed by atoms with E-state index < -0.39 is 0 Å². The van der Waals surface area contributed by atoms with E-state index in [1.165, 1.54) is 0 Å². The van der Waals surface area contributed by atoms with Crippen molar-refractivity contribution in [3.8, 4) is 0 Å². The average molecular weight is 400 g/mol. The Bertz CT molecular complexity index is 566. The van der Waals surface area contributed by atoms with Crippen LogP contribution >= 0.6 is 62.1 Å². The number of benzene rings is 1. The predicted molar refractivity (Wildman–Crippen MR) is 89.0 cm³/mol. The maximum absolute atomic E-state index is 6.11. The van der Waals surface area contributed by atoms with E-state index in [-0.39, 0.29) is 6.04 Å². The molecule has 0 saturated heterocycles. The number of nitrogens with one attached hydrogen (secondary N) is 1. The molecule has 1 nitrogen and oxygen atoms in total. The van der Waals surface area contributed by atoms with Gasteiger partial charge in [0.05, 0.1) is 24.9 Å². The fourth-order valence-electron chi connectivity index (χ4n) is 1.78. The van der Waals surface area contributed by atoms with Crippen molar-refractivity contribution in [3.63, 3.8) is 0 Å². The second kappa shape index (κ2) is 6.79. The molecule has 19 heavy (non-hydrogen) atoms. The second-order valence-electron chi connectivity index (χ2n) is 3.93. The van der Waals surface area contributed by atoms with Crippen molar-refractivity contribution >= 4 is 62.1 Å². The van der Waals surface area contributed by atoms with Crippen molar-refractivity contribution in [1.29, 1.82) is 0 Å². The Morgan fingerprint density at radius 2 is 1.89 bits per heavy atom. The SMILES string of the molecule is CCNC(c1ccc(Cl)c(Cl)c1)c1cc(Cl)c(Br)s1. The van der Waals surface area contributed by atoms with Crippen LogP contribution in [0.25, 0.3) is 0 Å². The summed E-state index contributed by atoms with van der Waals surface area (Å²) < 4.78 is 0.937. The molecule has 0 fully saturated rings. The van der Waals surface area contributed by atoms with E-state index in [2.05, 4.69) is 28.2 Å². The molecule has 6 heteroatoms. The third kappa shape index (κ3) is 3.66. The summed E-state index contributed by atoms with van der Waals surface area (Å²) in [6.07, 6.45) is 0. The van der Waals surface area contributed by atoms with E-state index in [0.29, 0.717) is 10.0 Å². The molecule has 2 rings (SSSR count). The molecule has 2 aromatic rings. The Kier molecular flexibility index (Phi) is 5.58. The Hall–Kier alpha value is 0.230. The lowest BCUT2D eigenvalue weighted by atomic mass is 10.1. The summed E-state index contributed by atoms with van der Waals surface area (Å²) >= 11 is 23.2. The van der Waals surface area contributed by atoms with Gasteiger partial charge in [0, 0.05) is 4.88 Å². The van der Waals surface area contributed by atoms with Gasteiger partial charge in [-0.3, -0.25) is 0 Å². The van der Waals surface area contributed by atoms with Crippen LogP contribution in [-0.4, -0.2) is 6.54 Å². The first-order chi connectivity index (χ1) is 9.02. The van der Waals surface area contributed by atoms with Crippen LogP contribution < -0.4 is 5.32 Å². The third-order valence-electron chi connectivity index (χ3n) is 2.63. The highest BCUT2D eigenvalue weighted by molar-refractivity contribution is 9.11. The van der Waals surface area contributed by atoms with Crippen LogP contribution in [0.3, 0.4) is 0 Å². The van der Waals surface area contributed by atoms with Crippen LogP contribution in [-0.2, 0) is 0 Å². The fraction of sp³-hybridized carbons (Fsp3) is 0.231. The fourth-order valence-corrected chi connectivity index (χ4v) is 3.94. The molecule has 0 saturated carbocycles. The molecular formula is C13H11BrCl3NS. The smallest absolute Gasteiger partial charge is 0.0888 e. The van der Waals surface area contributed by atoms with Crippen LogP contribution in [0.15, 0.2) is 28.1 Å². The zero-order valence-electron chi connectivity index (χ0n) is 10.0. The second-order valence-corrected chi connectivity index (χ2v) is 7.56. The van der Waals surface area contributed by atoms with Gasteiger partial charge in [0.15, 0.2) is 0 Å². The first-order valence-corrected chi connectivity index (χ1v) is 8.40. The van der Waals surface area contributed by atoms with E-state index in [1.54, 1.807) is 11.3 Å². The van der Waals surface area contributed by atoms with E-state index in [4.69, 9.17) is 34.8 Å². The van der Waals surface area contributed by atoms with Crippen LogP contribution in [0.2, 0.25) is 15.1 Å². The predicted octanol–water partition coefficient (Wildman–Crippen LogP) is 6.17. The largest absolute Gasteiger partial charge is 0.306 e. The Balaban J connectivity index is 2.41. The molecular weight excluding hydrogens is 388 g/mol. The molecule has 0 aliphatic rings. The molecule has 1 N–H and O–H groups in total. The topological polar surface area (TPSA) is 12.0 Å². The maximum Gasteiger partial charge on any atom is 0.0888 e. The molecule has 0 aliphatic heterocycles. The van der Waals surface area contributed by atoms with Gasteiger partial charge in [-0.25, -0.2) is 0 Å². The third-order valence-corrected chi connectivity index (χ3v) is 5.91. The van der Waals surface area contributed by atoms with Gasteiger partial charge < -0.3 is 5.32 Å². The number of halogens is 4.